The number of carbonyl (C=O) groups excluding carboxylic acids is 1. The standard InChI is InChI=1S/C25H20N6O2S/c1-13(2)33-25(32)31-12-18(23-19(31)11-27-24(26)29-23)15-7-16-10-28-30-22(16)17(8-15)21-9-14-5-3-4-6-20(14)34-21/h3-13H,1-2H3,(H,28,30)(H2,26,27,29). The van der Waals surface area contributed by atoms with Crippen LogP contribution in [0.4, 0.5) is 10.7 Å². The van der Waals surface area contributed by atoms with Crippen molar-refractivity contribution in [2.45, 2.75) is 20.0 Å². The zero-order chi connectivity index (χ0) is 23.4. The van der Waals surface area contributed by atoms with Crippen molar-refractivity contribution in [3.05, 3.63) is 61.1 Å². The van der Waals surface area contributed by atoms with Gasteiger partial charge in [0.1, 0.15) is 5.52 Å². The average molecular weight is 469 g/mol. The quantitative estimate of drug-likeness (QED) is 0.338. The molecule has 0 spiro atoms. The monoisotopic (exact) mass is 468 g/mol. The Labute approximate surface area is 198 Å². The molecule has 0 aliphatic rings. The maximum atomic E-state index is 12.8. The van der Waals surface area contributed by atoms with Crippen LogP contribution in [0.25, 0.3) is 53.6 Å². The van der Waals surface area contributed by atoms with E-state index in [-0.39, 0.29) is 12.1 Å². The van der Waals surface area contributed by atoms with Crippen LogP contribution in [-0.4, -0.2) is 36.9 Å². The second-order valence-electron chi connectivity index (χ2n) is 8.31. The molecule has 34 heavy (non-hydrogen) atoms. The average Bonchev–Trinajstić information content (AvgIpc) is 3.53. The summed E-state index contributed by atoms with van der Waals surface area (Å²) >= 11 is 1.72. The maximum Gasteiger partial charge on any atom is 0.418 e. The summed E-state index contributed by atoms with van der Waals surface area (Å²) in [6.45, 7) is 3.62. The fourth-order valence-corrected chi connectivity index (χ4v) is 5.25. The van der Waals surface area contributed by atoms with Crippen molar-refractivity contribution in [2.75, 3.05) is 5.73 Å². The Morgan fingerprint density at radius 2 is 1.97 bits per heavy atom. The minimum Gasteiger partial charge on any atom is -0.446 e. The van der Waals surface area contributed by atoms with E-state index in [0.717, 1.165) is 32.5 Å². The van der Waals surface area contributed by atoms with Crippen molar-refractivity contribution in [2.24, 2.45) is 0 Å². The van der Waals surface area contributed by atoms with Crippen LogP contribution in [0.15, 0.2) is 61.1 Å². The fraction of sp³-hybridized carbons (Fsp3) is 0.120. The van der Waals surface area contributed by atoms with Crippen molar-refractivity contribution in [3.8, 4) is 21.6 Å². The van der Waals surface area contributed by atoms with Gasteiger partial charge >= 0.3 is 6.09 Å². The number of carbonyl (C=O) groups is 1. The molecule has 9 heteroatoms. The van der Waals surface area contributed by atoms with Gasteiger partial charge in [-0.2, -0.15) is 5.10 Å². The SMILES string of the molecule is CC(C)OC(=O)n1cc(-c2cc(-c3cc4ccccc4s3)c3[nH]ncc3c2)c2nc(N)ncc21. The second-order valence-corrected chi connectivity index (χ2v) is 9.40. The molecule has 0 aliphatic heterocycles. The van der Waals surface area contributed by atoms with Crippen molar-refractivity contribution >= 4 is 55.4 Å². The number of aromatic amines is 1. The first-order valence-electron chi connectivity index (χ1n) is 10.8. The van der Waals surface area contributed by atoms with Gasteiger partial charge in [0.05, 0.1) is 29.5 Å². The Morgan fingerprint density at radius 3 is 2.79 bits per heavy atom. The lowest BCUT2D eigenvalue weighted by Crippen LogP contribution is -2.17. The minimum atomic E-state index is -0.492. The first kappa shape index (κ1) is 20.4. The number of anilines is 1. The summed E-state index contributed by atoms with van der Waals surface area (Å²) < 4.78 is 8.08. The zero-order valence-corrected chi connectivity index (χ0v) is 19.3. The number of hydrogen-bond donors (Lipinski definition) is 2. The Bertz CT molecular complexity index is 1680. The first-order chi connectivity index (χ1) is 16.5. The molecule has 0 aliphatic carbocycles. The summed E-state index contributed by atoms with van der Waals surface area (Å²) in [6.07, 6.45) is 4.33. The van der Waals surface area contributed by atoms with Gasteiger partial charge in [0.25, 0.3) is 0 Å². The number of thiophene rings is 1. The van der Waals surface area contributed by atoms with E-state index in [2.05, 4.69) is 44.4 Å². The molecule has 0 saturated carbocycles. The molecule has 3 N–H and O–H groups in total. The normalized spacial score (nSPS) is 11.7. The molecule has 4 aromatic heterocycles. The van der Waals surface area contributed by atoms with E-state index in [1.165, 1.54) is 14.7 Å². The van der Waals surface area contributed by atoms with Crippen LogP contribution in [0.3, 0.4) is 0 Å². The molecule has 0 amide bonds. The number of nitrogens with two attached hydrogens (primary N) is 1. The number of H-pyrrole nitrogens is 1. The second kappa shape index (κ2) is 7.67. The number of rotatable bonds is 3. The zero-order valence-electron chi connectivity index (χ0n) is 18.4. The Hall–Kier alpha value is -4.24. The molecular weight excluding hydrogens is 448 g/mol. The van der Waals surface area contributed by atoms with Gasteiger partial charge in [-0.15, -0.1) is 11.3 Å². The van der Waals surface area contributed by atoms with Crippen LogP contribution in [-0.2, 0) is 4.74 Å². The fourth-order valence-electron chi connectivity index (χ4n) is 4.17. The van der Waals surface area contributed by atoms with Crippen molar-refractivity contribution < 1.29 is 9.53 Å². The number of fused-ring (bicyclic) bond motifs is 3. The smallest absolute Gasteiger partial charge is 0.418 e. The van der Waals surface area contributed by atoms with Gasteiger partial charge in [-0.25, -0.2) is 19.3 Å². The third-order valence-corrected chi connectivity index (χ3v) is 6.79. The van der Waals surface area contributed by atoms with Gasteiger partial charge in [-0.3, -0.25) is 5.10 Å². The minimum absolute atomic E-state index is 0.137. The lowest BCUT2D eigenvalue weighted by Gasteiger charge is -2.08. The van der Waals surface area contributed by atoms with Crippen molar-refractivity contribution in [1.29, 1.82) is 0 Å². The highest BCUT2D eigenvalue weighted by molar-refractivity contribution is 7.22. The van der Waals surface area contributed by atoms with Gasteiger partial charge in [-0.05, 0) is 49.1 Å². The van der Waals surface area contributed by atoms with E-state index >= 15 is 0 Å². The van der Waals surface area contributed by atoms with E-state index in [4.69, 9.17) is 10.5 Å². The summed E-state index contributed by atoms with van der Waals surface area (Å²) in [6, 6.07) is 14.6. The third kappa shape index (κ3) is 3.29. The van der Waals surface area contributed by atoms with Gasteiger partial charge in [0, 0.05) is 32.3 Å². The molecule has 0 fully saturated rings. The van der Waals surface area contributed by atoms with Crippen LogP contribution < -0.4 is 5.73 Å². The van der Waals surface area contributed by atoms with Gasteiger partial charge < -0.3 is 10.5 Å². The Balaban J connectivity index is 1.59. The van der Waals surface area contributed by atoms with Gasteiger partial charge in [-0.1, -0.05) is 18.2 Å². The van der Waals surface area contributed by atoms with E-state index in [1.54, 1.807) is 29.9 Å². The molecule has 0 unspecified atom stereocenters. The molecule has 4 heterocycles. The van der Waals surface area contributed by atoms with Crippen LogP contribution in [0.5, 0.6) is 0 Å². The Kier molecular flexibility index (Phi) is 4.59. The predicted octanol–water partition coefficient (Wildman–Crippen LogP) is 5.83. The number of nitrogen functional groups attached to an aromatic ring is 1. The van der Waals surface area contributed by atoms with E-state index in [0.29, 0.717) is 11.0 Å². The van der Waals surface area contributed by atoms with Gasteiger partial charge in [0.2, 0.25) is 5.95 Å². The van der Waals surface area contributed by atoms with Gasteiger partial charge in [0.15, 0.2) is 0 Å². The molecule has 168 valence electrons. The molecular formula is C25H20N6O2S. The summed E-state index contributed by atoms with van der Waals surface area (Å²) in [5, 5.41) is 9.55. The number of hydrogen-bond acceptors (Lipinski definition) is 7. The topological polar surface area (TPSA) is 112 Å². The molecule has 2 aromatic carbocycles. The third-order valence-electron chi connectivity index (χ3n) is 5.64. The number of ether oxygens (including phenoxy) is 1. The molecule has 8 nitrogen and oxygen atoms in total. The molecule has 6 rings (SSSR count). The highest BCUT2D eigenvalue weighted by atomic mass is 32.1. The molecule has 0 bridgehead atoms. The van der Waals surface area contributed by atoms with Crippen LogP contribution in [0.1, 0.15) is 13.8 Å². The summed E-state index contributed by atoms with van der Waals surface area (Å²) in [7, 11) is 0. The highest BCUT2D eigenvalue weighted by Crippen LogP contribution is 2.40. The van der Waals surface area contributed by atoms with Crippen LogP contribution in [0, 0.1) is 0 Å². The molecule has 0 atom stereocenters. The lowest BCUT2D eigenvalue weighted by molar-refractivity contribution is 0.118. The number of aromatic nitrogens is 5. The van der Waals surface area contributed by atoms with Crippen LogP contribution in [0.2, 0.25) is 0 Å². The predicted molar refractivity (Wildman–Crippen MR) is 135 cm³/mol. The van der Waals surface area contributed by atoms with E-state index < -0.39 is 6.09 Å². The van der Waals surface area contributed by atoms with E-state index in [9.17, 15) is 4.79 Å². The van der Waals surface area contributed by atoms with Crippen LogP contribution >= 0.6 is 11.3 Å². The first-order valence-corrected chi connectivity index (χ1v) is 11.6. The largest absolute Gasteiger partial charge is 0.446 e. The molecule has 0 radical (unpaired) electrons. The molecule has 6 aromatic rings. The highest BCUT2D eigenvalue weighted by Gasteiger charge is 2.20. The lowest BCUT2D eigenvalue weighted by atomic mass is 10.0. The summed E-state index contributed by atoms with van der Waals surface area (Å²) in [5.74, 6) is 0.137. The number of nitrogens with zero attached hydrogens (tertiary/aromatic N) is 4. The molecule has 0 saturated heterocycles. The Morgan fingerprint density at radius 1 is 1.12 bits per heavy atom. The van der Waals surface area contributed by atoms with Crippen molar-refractivity contribution in [1.82, 2.24) is 24.7 Å². The van der Waals surface area contributed by atoms with Crippen molar-refractivity contribution in [3.63, 3.8) is 0 Å². The summed E-state index contributed by atoms with van der Waals surface area (Å²) in [5.41, 5.74) is 10.7. The number of benzene rings is 2. The maximum absolute atomic E-state index is 12.8. The number of nitrogens with one attached hydrogen (secondary N) is 1. The van der Waals surface area contributed by atoms with E-state index in [1.807, 2.05) is 32.0 Å². The summed E-state index contributed by atoms with van der Waals surface area (Å²) in [4.78, 5) is 22.5.